The number of fused-ring (bicyclic) bond motifs is 4. The number of hydrogen-bond acceptors (Lipinski definition) is 6. The molecule has 0 saturated carbocycles. The summed E-state index contributed by atoms with van der Waals surface area (Å²) in [4.78, 5) is 31.3. The molecule has 2 heterocycles. The van der Waals surface area contributed by atoms with E-state index in [1.165, 1.54) is 28.5 Å². The minimum Gasteiger partial charge on any atom is -0.490 e. The normalized spacial score (nSPS) is 15.0. The molecule has 8 heteroatoms. The van der Waals surface area contributed by atoms with Crippen molar-refractivity contribution in [2.45, 2.75) is 31.8 Å². The Morgan fingerprint density at radius 3 is 2.30 bits per heavy atom. The number of piperidine rings is 1. The third-order valence-electron chi connectivity index (χ3n) is 7.61. The fourth-order valence-electron chi connectivity index (χ4n) is 5.60. The maximum Gasteiger partial charge on any atom is 0.409 e. The number of likely N-dealkylation sites (tertiary alicyclic amines) is 1. The van der Waals surface area contributed by atoms with Gasteiger partial charge < -0.3 is 19.1 Å². The Labute approximate surface area is 237 Å². The van der Waals surface area contributed by atoms with E-state index < -0.39 is 5.97 Å². The molecule has 2 aliphatic rings. The van der Waals surface area contributed by atoms with Crippen molar-refractivity contribution in [2.75, 3.05) is 26.3 Å². The molecule has 6 rings (SSSR count). The van der Waals surface area contributed by atoms with Gasteiger partial charge in [-0.25, -0.2) is 9.59 Å². The van der Waals surface area contributed by atoms with Crippen molar-refractivity contribution in [2.24, 2.45) is 0 Å². The maximum atomic E-state index is 13.0. The first-order valence-corrected chi connectivity index (χ1v) is 13.9. The summed E-state index contributed by atoms with van der Waals surface area (Å²) in [5.74, 6) is 0.168. The van der Waals surface area contributed by atoms with Crippen molar-refractivity contribution in [3.05, 3.63) is 94.6 Å². The van der Waals surface area contributed by atoms with Crippen LogP contribution < -0.4 is 4.74 Å². The first-order chi connectivity index (χ1) is 19.5. The van der Waals surface area contributed by atoms with Gasteiger partial charge in [0.2, 0.25) is 0 Å². The predicted molar refractivity (Wildman–Crippen MR) is 153 cm³/mol. The summed E-state index contributed by atoms with van der Waals surface area (Å²) in [7, 11) is 0. The van der Waals surface area contributed by atoms with Crippen LogP contribution in [0.3, 0.4) is 0 Å². The van der Waals surface area contributed by atoms with Crippen molar-refractivity contribution < 1.29 is 23.8 Å². The molecule has 1 aliphatic heterocycles. The zero-order valence-corrected chi connectivity index (χ0v) is 22.9. The third kappa shape index (κ3) is 4.97. The highest BCUT2D eigenvalue weighted by Gasteiger charge is 2.31. The molecule has 7 nitrogen and oxygen atoms in total. The Morgan fingerprint density at radius 2 is 1.62 bits per heavy atom. The number of benzene rings is 3. The van der Waals surface area contributed by atoms with Crippen LogP contribution in [0.15, 0.2) is 72.9 Å². The Balaban J connectivity index is 1.06. The van der Waals surface area contributed by atoms with Gasteiger partial charge in [0.05, 0.1) is 22.7 Å². The van der Waals surface area contributed by atoms with E-state index in [9.17, 15) is 9.59 Å². The number of amides is 1. The van der Waals surface area contributed by atoms with Gasteiger partial charge in [0.25, 0.3) is 0 Å². The quantitative estimate of drug-likeness (QED) is 0.241. The number of rotatable bonds is 6. The fraction of sp³-hybridized carbons (Fsp3) is 0.281. The lowest BCUT2D eigenvalue weighted by Gasteiger charge is -2.32. The van der Waals surface area contributed by atoms with E-state index in [-0.39, 0.29) is 30.3 Å². The highest BCUT2D eigenvalue weighted by atomic mass is 35.5. The second kappa shape index (κ2) is 11.2. The summed E-state index contributed by atoms with van der Waals surface area (Å²) in [6.45, 7) is 3.40. The first-order valence-electron chi connectivity index (χ1n) is 13.6. The minimum absolute atomic E-state index is 0.0378. The standard InChI is InChI=1S/C32H29ClN2O5/c1-2-38-31(36)27-18-34-29-12-11-21(17-26(29)30(27)33)40-20-13-15-35(16-14-20)32(37)39-19-28-24-9-5-3-7-22(24)23-8-4-6-10-25(23)28/h3-12,17-18,20,28H,2,13-16,19H2,1H3. The molecule has 3 aromatic carbocycles. The van der Waals surface area contributed by atoms with Crippen molar-refractivity contribution in [1.82, 2.24) is 9.88 Å². The van der Waals surface area contributed by atoms with Gasteiger partial charge >= 0.3 is 12.1 Å². The lowest BCUT2D eigenvalue weighted by molar-refractivity contribution is 0.0525. The van der Waals surface area contributed by atoms with Crippen LogP contribution in [0.5, 0.6) is 5.75 Å². The SMILES string of the molecule is CCOC(=O)c1cnc2ccc(OC3CCN(C(=O)OCC4c5ccccc5-c5ccccc54)CC3)cc2c1Cl. The molecule has 1 amide bonds. The average molecular weight is 557 g/mol. The number of esters is 1. The second-order valence-corrected chi connectivity index (χ2v) is 10.4. The first kappa shape index (κ1) is 26.1. The van der Waals surface area contributed by atoms with Gasteiger partial charge in [0.1, 0.15) is 18.5 Å². The molecule has 1 saturated heterocycles. The van der Waals surface area contributed by atoms with Crippen LogP contribution in [0.2, 0.25) is 5.02 Å². The molecule has 0 N–H and O–H groups in total. The topological polar surface area (TPSA) is 78.0 Å². The van der Waals surface area contributed by atoms with Crippen molar-refractivity contribution in [3.63, 3.8) is 0 Å². The lowest BCUT2D eigenvalue weighted by Crippen LogP contribution is -2.42. The number of hydrogen-bond donors (Lipinski definition) is 0. The molecular weight excluding hydrogens is 528 g/mol. The van der Waals surface area contributed by atoms with E-state index >= 15 is 0 Å². The third-order valence-corrected chi connectivity index (χ3v) is 8.02. The van der Waals surface area contributed by atoms with Crippen LogP contribution in [-0.4, -0.2) is 54.4 Å². The van der Waals surface area contributed by atoms with E-state index in [0.29, 0.717) is 54.2 Å². The Morgan fingerprint density at radius 1 is 0.950 bits per heavy atom. The summed E-state index contributed by atoms with van der Waals surface area (Å²) in [5.41, 5.74) is 5.70. The molecule has 0 radical (unpaired) electrons. The molecular formula is C32H29ClN2O5. The monoisotopic (exact) mass is 556 g/mol. The lowest BCUT2D eigenvalue weighted by atomic mass is 9.98. The smallest absolute Gasteiger partial charge is 0.409 e. The van der Waals surface area contributed by atoms with E-state index in [0.717, 1.165) is 0 Å². The largest absolute Gasteiger partial charge is 0.490 e. The Kier molecular flexibility index (Phi) is 7.30. The molecule has 0 atom stereocenters. The predicted octanol–water partition coefficient (Wildman–Crippen LogP) is 6.86. The van der Waals surface area contributed by atoms with Gasteiger partial charge in [-0.15, -0.1) is 0 Å². The summed E-state index contributed by atoms with van der Waals surface area (Å²) in [6.07, 6.45) is 2.43. The zero-order valence-electron chi connectivity index (χ0n) is 22.1. The Bertz CT molecular complexity index is 1540. The molecule has 40 heavy (non-hydrogen) atoms. The number of carbonyl (C=O) groups excluding carboxylic acids is 2. The minimum atomic E-state index is -0.506. The molecule has 0 bridgehead atoms. The molecule has 1 aromatic heterocycles. The molecule has 0 unspecified atom stereocenters. The summed E-state index contributed by atoms with van der Waals surface area (Å²) in [6, 6.07) is 22.1. The van der Waals surface area contributed by atoms with Crippen molar-refractivity contribution in [3.8, 4) is 16.9 Å². The van der Waals surface area contributed by atoms with Crippen molar-refractivity contribution in [1.29, 1.82) is 0 Å². The number of halogens is 1. The molecule has 204 valence electrons. The van der Waals surface area contributed by atoms with Gasteiger partial charge in [0, 0.05) is 43.4 Å². The van der Waals surface area contributed by atoms with E-state index in [4.69, 9.17) is 25.8 Å². The average Bonchev–Trinajstić information content (AvgIpc) is 3.30. The van der Waals surface area contributed by atoms with E-state index in [2.05, 4.69) is 29.2 Å². The highest BCUT2D eigenvalue weighted by Crippen LogP contribution is 2.44. The number of aromatic nitrogens is 1. The van der Waals surface area contributed by atoms with Gasteiger partial charge in [-0.1, -0.05) is 60.1 Å². The number of nitrogens with zero attached hydrogens (tertiary/aromatic N) is 2. The second-order valence-electron chi connectivity index (χ2n) is 9.99. The Hall–Kier alpha value is -4.10. The molecule has 4 aromatic rings. The van der Waals surface area contributed by atoms with E-state index in [1.54, 1.807) is 17.9 Å². The fourth-order valence-corrected chi connectivity index (χ4v) is 5.88. The highest BCUT2D eigenvalue weighted by molar-refractivity contribution is 6.38. The maximum absolute atomic E-state index is 13.0. The van der Waals surface area contributed by atoms with Crippen LogP contribution in [0.4, 0.5) is 4.79 Å². The molecule has 1 aliphatic carbocycles. The van der Waals surface area contributed by atoms with Gasteiger partial charge in [0.15, 0.2) is 0 Å². The van der Waals surface area contributed by atoms with Gasteiger partial charge in [-0.05, 0) is 47.4 Å². The van der Waals surface area contributed by atoms with Crippen LogP contribution in [-0.2, 0) is 9.47 Å². The van der Waals surface area contributed by atoms with Gasteiger partial charge in [-0.2, -0.15) is 0 Å². The van der Waals surface area contributed by atoms with Crippen LogP contribution in [0, 0.1) is 0 Å². The van der Waals surface area contributed by atoms with Crippen LogP contribution in [0.1, 0.15) is 47.2 Å². The summed E-state index contributed by atoms with van der Waals surface area (Å²) >= 11 is 6.52. The van der Waals surface area contributed by atoms with Crippen molar-refractivity contribution >= 4 is 34.6 Å². The van der Waals surface area contributed by atoms with Gasteiger partial charge in [-0.3, -0.25) is 4.98 Å². The summed E-state index contributed by atoms with van der Waals surface area (Å²) < 4.78 is 17.1. The number of carbonyl (C=O) groups is 2. The van der Waals surface area contributed by atoms with E-state index in [1.807, 2.05) is 36.4 Å². The number of pyridine rings is 1. The molecule has 1 fully saturated rings. The zero-order chi connectivity index (χ0) is 27.6. The summed E-state index contributed by atoms with van der Waals surface area (Å²) in [5, 5.41) is 0.916. The molecule has 0 spiro atoms. The van der Waals surface area contributed by atoms with Crippen LogP contribution >= 0.6 is 11.6 Å². The van der Waals surface area contributed by atoms with Crippen LogP contribution in [0.25, 0.3) is 22.0 Å². The number of ether oxygens (including phenoxy) is 3.